The van der Waals surface area contributed by atoms with Crippen LogP contribution in [0.1, 0.15) is 71.2 Å². The normalized spacial score (nSPS) is 13.1. The number of likely N-dealkylation sites (tertiary alicyclic amines) is 1. The summed E-state index contributed by atoms with van der Waals surface area (Å²) >= 11 is 10.6. The highest BCUT2D eigenvalue weighted by molar-refractivity contribution is 9.10. The molecule has 1 amide bonds. The highest BCUT2D eigenvalue weighted by atomic mass is 79.9. The first kappa shape index (κ1) is 37.7. The van der Waals surface area contributed by atoms with Gasteiger partial charge < -0.3 is 13.9 Å². The van der Waals surface area contributed by atoms with E-state index in [2.05, 4.69) is 65.3 Å². The summed E-state index contributed by atoms with van der Waals surface area (Å²) in [4.78, 5) is 22.1. The van der Waals surface area contributed by atoms with Crippen LogP contribution in [0.25, 0.3) is 33.7 Å². The Morgan fingerprint density at radius 3 is 2.03 bits per heavy atom. The van der Waals surface area contributed by atoms with E-state index >= 15 is 0 Å². The molecule has 5 aromatic carbocycles. The van der Waals surface area contributed by atoms with Crippen LogP contribution in [0.4, 0.5) is 0 Å². The molecule has 0 aliphatic carbocycles. The fraction of sp³-hybridized carbons (Fsp3) is 0.213. The minimum absolute atomic E-state index is 0.0544. The van der Waals surface area contributed by atoms with Crippen LogP contribution in [0, 0.1) is 0 Å². The fourth-order valence-corrected chi connectivity index (χ4v) is 9.12. The number of unbranched alkanes of at least 4 members (excludes halogenated alkanes) is 1. The van der Waals surface area contributed by atoms with Crippen molar-refractivity contribution in [1.82, 2.24) is 34.7 Å². The molecule has 0 atom stereocenters. The Morgan fingerprint density at radius 2 is 1.41 bits per heavy atom. The third kappa shape index (κ3) is 6.73. The molecule has 0 N–H and O–H groups in total. The quantitative estimate of drug-likeness (QED) is 0.114. The summed E-state index contributed by atoms with van der Waals surface area (Å²) in [6, 6.07) is 45.0. The van der Waals surface area contributed by atoms with Crippen LogP contribution in [-0.4, -0.2) is 53.7 Å². The number of carbonyl (C=O) groups is 1. The van der Waals surface area contributed by atoms with E-state index in [0.29, 0.717) is 23.8 Å². The summed E-state index contributed by atoms with van der Waals surface area (Å²) < 4.78 is 9.43. The molecule has 0 spiro atoms. The number of benzene rings is 5. The van der Waals surface area contributed by atoms with Crippen molar-refractivity contribution in [3.8, 4) is 22.7 Å². The van der Waals surface area contributed by atoms with Gasteiger partial charge in [-0.2, -0.15) is 0 Å². The average Bonchev–Trinajstić information content (AvgIpc) is 4.10. The molecule has 1 aliphatic rings. The first-order valence-electron chi connectivity index (χ1n) is 19.8. The van der Waals surface area contributed by atoms with E-state index in [1.165, 1.54) is 0 Å². The van der Waals surface area contributed by atoms with Gasteiger partial charge >= 0.3 is 0 Å². The number of aromatic nitrogens is 6. The van der Waals surface area contributed by atoms with Crippen LogP contribution < -0.4 is 0 Å². The molecule has 0 radical (unpaired) electrons. The van der Waals surface area contributed by atoms with E-state index in [-0.39, 0.29) is 11.1 Å². The number of halogens is 2. The zero-order valence-corrected chi connectivity index (χ0v) is 34.4. The second-order valence-electron chi connectivity index (χ2n) is 14.7. The molecule has 3 aromatic heterocycles. The number of imidazole rings is 1. The summed E-state index contributed by atoms with van der Waals surface area (Å²) in [5.74, 6) is 1.88. The number of carbonyl (C=O) groups excluding carboxylic acids is 1. The summed E-state index contributed by atoms with van der Waals surface area (Å²) in [5.41, 5.74) is 5.88. The van der Waals surface area contributed by atoms with Crippen LogP contribution in [0.5, 0.6) is 0 Å². The SMILES string of the molecule is CCCCc1nc(Cl)c(C(=O)N2CCCC2)n1Cc1ccc2oc(-c3ccccc3-c3nnn(C(c4ccccc4)(c4ccccc4)c4ccccc4)n3)c(Br)c2c1. The van der Waals surface area contributed by atoms with Crippen molar-refractivity contribution in [2.45, 2.75) is 51.1 Å². The highest BCUT2D eigenvalue weighted by Gasteiger charge is 2.41. The maximum Gasteiger partial charge on any atom is 0.273 e. The predicted molar refractivity (Wildman–Crippen MR) is 231 cm³/mol. The third-order valence-electron chi connectivity index (χ3n) is 11.1. The predicted octanol–water partition coefficient (Wildman–Crippen LogP) is 10.8. The van der Waals surface area contributed by atoms with Crippen LogP contribution in [-0.2, 0) is 18.5 Å². The van der Waals surface area contributed by atoms with Gasteiger partial charge in [0.25, 0.3) is 5.91 Å². The second kappa shape index (κ2) is 16.2. The topological polar surface area (TPSA) is 94.9 Å². The number of tetrazole rings is 1. The van der Waals surface area contributed by atoms with Crippen LogP contribution in [0.3, 0.4) is 0 Å². The molecular formula is C47H41BrClN7O2. The number of fused-ring (bicyclic) bond motifs is 1. The Hall–Kier alpha value is -5.84. The number of nitrogens with zero attached hydrogens (tertiary/aromatic N) is 7. The standard InChI is InChI=1S/C47H41BrClN7O2/c1-2-3-25-40-50-44(49)42(46(57)54-28-15-16-29-54)55(40)31-32-26-27-39-38(30-32)41(48)43(58-39)36-23-13-14-24-37(36)45-51-53-56(52-45)47(33-17-7-4-8-18-33,34-19-9-5-10-20-34)35-21-11-6-12-22-35/h4-14,17-24,26-27,30H,2-3,15-16,25,28-29,31H2,1H3. The summed E-state index contributed by atoms with van der Waals surface area (Å²) in [6.45, 7) is 4.08. The van der Waals surface area contributed by atoms with E-state index in [1.54, 1.807) is 4.80 Å². The lowest BCUT2D eigenvalue weighted by atomic mass is 9.77. The Labute approximate surface area is 350 Å². The molecule has 9 nitrogen and oxygen atoms in total. The molecule has 8 aromatic rings. The Kier molecular flexibility index (Phi) is 10.5. The van der Waals surface area contributed by atoms with Gasteiger partial charge in [0.1, 0.15) is 22.9 Å². The number of aryl methyl sites for hydroxylation is 1. The first-order chi connectivity index (χ1) is 28.5. The van der Waals surface area contributed by atoms with Crippen molar-refractivity contribution in [2.75, 3.05) is 13.1 Å². The maximum atomic E-state index is 13.8. The second-order valence-corrected chi connectivity index (χ2v) is 15.8. The molecule has 9 rings (SSSR count). The summed E-state index contributed by atoms with van der Waals surface area (Å²) in [6.07, 6.45) is 4.71. The molecule has 1 fully saturated rings. The largest absolute Gasteiger partial charge is 0.455 e. The van der Waals surface area contributed by atoms with Gasteiger partial charge in [-0.1, -0.05) is 146 Å². The first-order valence-corrected chi connectivity index (χ1v) is 21.0. The molecular weight excluding hydrogens is 810 g/mol. The molecule has 1 aliphatic heterocycles. The van der Waals surface area contributed by atoms with Crippen molar-refractivity contribution in [1.29, 1.82) is 0 Å². The lowest BCUT2D eigenvalue weighted by Crippen LogP contribution is -2.39. The number of amides is 1. The monoisotopic (exact) mass is 849 g/mol. The van der Waals surface area contributed by atoms with Gasteiger partial charge in [0.05, 0.1) is 4.47 Å². The molecule has 1 saturated heterocycles. The number of hydrogen-bond acceptors (Lipinski definition) is 6. The van der Waals surface area contributed by atoms with Crippen molar-refractivity contribution in [2.24, 2.45) is 0 Å². The fourth-order valence-electron chi connectivity index (χ4n) is 8.23. The summed E-state index contributed by atoms with van der Waals surface area (Å²) in [7, 11) is 0. The molecule has 0 saturated carbocycles. The average molecular weight is 851 g/mol. The summed E-state index contributed by atoms with van der Waals surface area (Å²) in [5, 5.41) is 15.9. The van der Waals surface area contributed by atoms with Gasteiger partial charge in [-0.15, -0.1) is 15.0 Å². The van der Waals surface area contributed by atoms with E-state index in [9.17, 15) is 4.79 Å². The number of rotatable bonds is 12. The van der Waals surface area contributed by atoms with Gasteiger partial charge in [-0.05, 0) is 74.8 Å². The van der Waals surface area contributed by atoms with Gasteiger partial charge in [-0.25, -0.2) is 4.98 Å². The molecule has 0 bridgehead atoms. The number of hydrogen-bond donors (Lipinski definition) is 0. The third-order valence-corrected chi connectivity index (χ3v) is 12.1. The molecule has 58 heavy (non-hydrogen) atoms. The zero-order chi connectivity index (χ0) is 39.6. The highest BCUT2D eigenvalue weighted by Crippen LogP contribution is 2.43. The molecule has 11 heteroatoms. The lowest BCUT2D eigenvalue weighted by Gasteiger charge is -2.34. The molecule has 4 heterocycles. The van der Waals surface area contributed by atoms with Crippen molar-refractivity contribution in [3.05, 3.63) is 177 Å². The van der Waals surface area contributed by atoms with Gasteiger partial charge in [0.2, 0.25) is 5.82 Å². The maximum absolute atomic E-state index is 13.8. The van der Waals surface area contributed by atoms with Crippen LogP contribution >= 0.6 is 27.5 Å². The Balaban J connectivity index is 1.11. The smallest absolute Gasteiger partial charge is 0.273 e. The van der Waals surface area contributed by atoms with Crippen molar-refractivity contribution >= 4 is 44.4 Å². The molecule has 0 unspecified atom stereocenters. The van der Waals surface area contributed by atoms with Crippen molar-refractivity contribution < 1.29 is 9.21 Å². The van der Waals surface area contributed by atoms with E-state index in [4.69, 9.17) is 36.4 Å². The minimum Gasteiger partial charge on any atom is -0.455 e. The van der Waals surface area contributed by atoms with E-state index < -0.39 is 5.54 Å². The zero-order valence-electron chi connectivity index (χ0n) is 32.1. The number of furan rings is 1. The Bertz CT molecular complexity index is 2610. The van der Waals surface area contributed by atoms with Crippen LogP contribution in [0.2, 0.25) is 5.15 Å². The van der Waals surface area contributed by atoms with Gasteiger partial charge in [0.15, 0.2) is 10.7 Å². The molecule has 290 valence electrons. The van der Waals surface area contributed by atoms with Crippen molar-refractivity contribution in [3.63, 3.8) is 0 Å². The van der Waals surface area contributed by atoms with E-state index in [0.717, 1.165) is 99.8 Å². The van der Waals surface area contributed by atoms with Crippen LogP contribution in [0.15, 0.2) is 142 Å². The lowest BCUT2D eigenvalue weighted by molar-refractivity contribution is 0.0782. The minimum atomic E-state index is -0.908. The van der Waals surface area contributed by atoms with Gasteiger partial charge in [-0.3, -0.25) is 4.79 Å². The van der Waals surface area contributed by atoms with E-state index in [1.807, 2.05) is 100 Å². The van der Waals surface area contributed by atoms with Gasteiger partial charge in [0, 0.05) is 42.6 Å². The Morgan fingerprint density at radius 1 is 0.810 bits per heavy atom.